The van der Waals surface area contributed by atoms with Crippen LogP contribution in [0, 0.1) is 0 Å². The van der Waals surface area contributed by atoms with Crippen LogP contribution in [0.2, 0.25) is 0 Å². The van der Waals surface area contributed by atoms with E-state index in [1.54, 1.807) is 6.07 Å². The Labute approximate surface area is 90.9 Å². The zero-order valence-corrected chi connectivity index (χ0v) is 9.36. The highest BCUT2D eigenvalue weighted by molar-refractivity contribution is 5.45. The zero-order chi connectivity index (χ0) is 11.3. The van der Waals surface area contributed by atoms with Crippen molar-refractivity contribution in [1.29, 1.82) is 0 Å². The molecule has 0 aliphatic rings. The fourth-order valence-corrected chi connectivity index (χ4v) is 1.42. The number of phenols is 1. The molecule has 84 valence electrons. The van der Waals surface area contributed by atoms with Crippen LogP contribution in [0.25, 0.3) is 0 Å². The summed E-state index contributed by atoms with van der Waals surface area (Å²) in [6.07, 6.45) is 1.65. The van der Waals surface area contributed by atoms with E-state index in [0.717, 1.165) is 18.4 Å². The number of hydrogen-bond donors (Lipinski definition) is 2. The second-order valence-electron chi connectivity index (χ2n) is 3.71. The number of para-hydroxylation sites is 1. The summed E-state index contributed by atoms with van der Waals surface area (Å²) in [5.41, 5.74) is 6.58. The predicted octanol–water partition coefficient (Wildman–Crippen LogP) is 2.07. The number of aromatic hydroxyl groups is 1. The van der Waals surface area contributed by atoms with Gasteiger partial charge in [0.2, 0.25) is 0 Å². The van der Waals surface area contributed by atoms with Gasteiger partial charge in [-0.3, -0.25) is 0 Å². The molecule has 0 spiro atoms. The van der Waals surface area contributed by atoms with Crippen LogP contribution in [0.3, 0.4) is 0 Å². The average Bonchev–Trinajstić information content (AvgIpc) is 2.19. The third-order valence-corrected chi connectivity index (χ3v) is 2.25. The van der Waals surface area contributed by atoms with E-state index >= 15 is 0 Å². The topological polar surface area (TPSA) is 55.5 Å². The summed E-state index contributed by atoms with van der Waals surface area (Å²) in [6.45, 7) is 4.42. The highest BCUT2D eigenvalue weighted by atomic mass is 16.5. The van der Waals surface area contributed by atoms with E-state index in [-0.39, 0.29) is 11.8 Å². The molecule has 0 aliphatic carbocycles. The van der Waals surface area contributed by atoms with E-state index in [4.69, 9.17) is 10.5 Å². The molecule has 15 heavy (non-hydrogen) atoms. The van der Waals surface area contributed by atoms with Crippen molar-refractivity contribution in [3.05, 3.63) is 23.8 Å². The number of phenolic OH excluding ortho intramolecular Hbond substituents is 1. The summed E-state index contributed by atoms with van der Waals surface area (Å²) in [7, 11) is 0. The van der Waals surface area contributed by atoms with Crippen LogP contribution in [0.15, 0.2) is 18.2 Å². The quantitative estimate of drug-likeness (QED) is 0.780. The number of aryl methyl sites for hydroxylation is 1. The summed E-state index contributed by atoms with van der Waals surface area (Å²) in [5.74, 6) is 0.805. The first kappa shape index (κ1) is 11.9. The minimum Gasteiger partial charge on any atom is -0.504 e. The highest BCUT2D eigenvalue weighted by Gasteiger charge is 2.07. The maximum atomic E-state index is 9.87. The second-order valence-corrected chi connectivity index (χ2v) is 3.71. The summed E-state index contributed by atoms with van der Waals surface area (Å²) in [4.78, 5) is 0. The van der Waals surface area contributed by atoms with Gasteiger partial charge in [0, 0.05) is 6.04 Å². The Kier molecular flexibility index (Phi) is 4.43. The fraction of sp³-hybridized carbons (Fsp3) is 0.500. The smallest absolute Gasteiger partial charge is 0.161 e. The lowest BCUT2D eigenvalue weighted by Gasteiger charge is -2.10. The van der Waals surface area contributed by atoms with E-state index in [1.807, 2.05) is 26.0 Å². The molecule has 1 aromatic carbocycles. The third-order valence-electron chi connectivity index (χ3n) is 2.25. The molecule has 0 amide bonds. The Morgan fingerprint density at radius 1 is 1.47 bits per heavy atom. The molecule has 3 heteroatoms. The first-order valence-corrected chi connectivity index (χ1v) is 5.34. The molecule has 0 fully saturated rings. The number of hydrogen-bond acceptors (Lipinski definition) is 3. The Bertz CT molecular complexity index is 310. The third kappa shape index (κ3) is 3.44. The van der Waals surface area contributed by atoms with Gasteiger partial charge in [0.05, 0.1) is 6.61 Å². The van der Waals surface area contributed by atoms with Gasteiger partial charge < -0.3 is 15.6 Å². The summed E-state index contributed by atoms with van der Waals surface area (Å²) < 4.78 is 5.30. The maximum Gasteiger partial charge on any atom is 0.161 e. The molecule has 0 aliphatic heterocycles. The number of benzene rings is 1. The highest BCUT2D eigenvalue weighted by Crippen LogP contribution is 2.30. The van der Waals surface area contributed by atoms with Crippen molar-refractivity contribution in [3.63, 3.8) is 0 Å². The molecular formula is C12H19NO2. The zero-order valence-electron chi connectivity index (χ0n) is 9.36. The van der Waals surface area contributed by atoms with Crippen molar-refractivity contribution >= 4 is 0 Å². The van der Waals surface area contributed by atoms with E-state index < -0.39 is 0 Å². The Balaban J connectivity index is 2.75. The van der Waals surface area contributed by atoms with E-state index in [1.165, 1.54) is 0 Å². The van der Waals surface area contributed by atoms with Gasteiger partial charge in [-0.1, -0.05) is 12.1 Å². The molecule has 0 bridgehead atoms. The molecule has 0 saturated carbocycles. The normalized spacial score (nSPS) is 12.5. The Hall–Kier alpha value is -1.22. The first-order chi connectivity index (χ1) is 7.15. The van der Waals surface area contributed by atoms with Crippen LogP contribution in [0.4, 0.5) is 0 Å². The van der Waals surface area contributed by atoms with Crippen molar-refractivity contribution in [3.8, 4) is 11.5 Å². The SMILES string of the molecule is CCOc1cccc(CC[C@H](C)N)c1O. The van der Waals surface area contributed by atoms with Crippen molar-refractivity contribution in [2.45, 2.75) is 32.7 Å². The molecule has 0 saturated heterocycles. The molecule has 0 unspecified atom stereocenters. The van der Waals surface area contributed by atoms with Gasteiger partial charge >= 0.3 is 0 Å². The van der Waals surface area contributed by atoms with E-state index in [0.29, 0.717) is 12.4 Å². The molecule has 1 aromatic rings. The van der Waals surface area contributed by atoms with Gasteiger partial charge in [-0.15, -0.1) is 0 Å². The van der Waals surface area contributed by atoms with Gasteiger partial charge in [0.15, 0.2) is 11.5 Å². The average molecular weight is 209 g/mol. The van der Waals surface area contributed by atoms with Crippen molar-refractivity contribution in [2.24, 2.45) is 5.73 Å². The Morgan fingerprint density at radius 3 is 2.80 bits per heavy atom. The van der Waals surface area contributed by atoms with Gasteiger partial charge in [0.25, 0.3) is 0 Å². The second kappa shape index (κ2) is 5.61. The lowest BCUT2D eigenvalue weighted by molar-refractivity contribution is 0.316. The minimum absolute atomic E-state index is 0.153. The molecule has 1 atom stereocenters. The summed E-state index contributed by atoms with van der Waals surface area (Å²) >= 11 is 0. The molecular weight excluding hydrogens is 190 g/mol. The number of rotatable bonds is 5. The molecule has 0 aromatic heterocycles. The summed E-state index contributed by atoms with van der Waals surface area (Å²) in [6, 6.07) is 5.72. The molecule has 1 rings (SSSR count). The fourth-order valence-electron chi connectivity index (χ4n) is 1.42. The van der Waals surface area contributed by atoms with Crippen LogP contribution < -0.4 is 10.5 Å². The van der Waals surface area contributed by atoms with Crippen LogP contribution >= 0.6 is 0 Å². The first-order valence-electron chi connectivity index (χ1n) is 5.34. The van der Waals surface area contributed by atoms with Gasteiger partial charge in [-0.2, -0.15) is 0 Å². The van der Waals surface area contributed by atoms with Crippen LogP contribution in [-0.2, 0) is 6.42 Å². The van der Waals surface area contributed by atoms with E-state index in [2.05, 4.69) is 0 Å². The molecule has 0 heterocycles. The number of nitrogens with two attached hydrogens (primary N) is 1. The van der Waals surface area contributed by atoms with Crippen molar-refractivity contribution < 1.29 is 9.84 Å². The molecule has 3 N–H and O–H groups in total. The molecule has 0 radical (unpaired) electrons. The monoisotopic (exact) mass is 209 g/mol. The van der Waals surface area contributed by atoms with Crippen LogP contribution in [0.1, 0.15) is 25.8 Å². The van der Waals surface area contributed by atoms with Crippen LogP contribution in [-0.4, -0.2) is 17.8 Å². The standard InChI is InChI=1S/C12H19NO2/c1-3-15-11-6-4-5-10(12(11)14)8-7-9(2)13/h4-6,9,14H,3,7-8,13H2,1-2H3/t9-/m0/s1. The molecule has 3 nitrogen and oxygen atoms in total. The Morgan fingerprint density at radius 2 is 2.20 bits per heavy atom. The van der Waals surface area contributed by atoms with Crippen molar-refractivity contribution in [1.82, 2.24) is 0 Å². The predicted molar refractivity (Wildman–Crippen MR) is 61.2 cm³/mol. The van der Waals surface area contributed by atoms with E-state index in [9.17, 15) is 5.11 Å². The lowest BCUT2D eigenvalue weighted by atomic mass is 10.1. The maximum absolute atomic E-state index is 9.87. The lowest BCUT2D eigenvalue weighted by Crippen LogP contribution is -2.15. The van der Waals surface area contributed by atoms with Gasteiger partial charge in [0.1, 0.15) is 0 Å². The minimum atomic E-state index is 0.153. The number of ether oxygens (including phenoxy) is 1. The van der Waals surface area contributed by atoms with Gasteiger partial charge in [-0.25, -0.2) is 0 Å². The van der Waals surface area contributed by atoms with Crippen LogP contribution in [0.5, 0.6) is 11.5 Å². The summed E-state index contributed by atoms with van der Waals surface area (Å²) in [5, 5.41) is 9.87. The van der Waals surface area contributed by atoms with Gasteiger partial charge in [-0.05, 0) is 38.3 Å². The largest absolute Gasteiger partial charge is 0.504 e. The van der Waals surface area contributed by atoms with Crippen molar-refractivity contribution in [2.75, 3.05) is 6.61 Å².